The number of nitrogens with one attached hydrogen (secondary N) is 1. The van der Waals surface area contributed by atoms with Crippen LogP contribution < -0.4 is 11.3 Å². The monoisotopic (exact) mass is 342 g/mol. The molecule has 19 heavy (non-hydrogen) atoms. The summed E-state index contributed by atoms with van der Waals surface area (Å²) in [7, 11) is 1.99. The van der Waals surface area contributed by atoms with Crippen LogP contribution in [0.4, 0.5) is 0 Å². The highest BCUT2D eigenvalue weighted by Gasteiger charge is 2.15. The van der Waals surface area contributed by atoms with Gasteiger partial charge in [0.05, 0.1) is 5.02 Å². The Hall–Kier alpha value is -0.880. The molecule has 0 saturated heterocycles. The van der Waals surface area contributed by atoms with Crippen LogP contribution in [0.25, 0.3) is 0 Å². The van der Waals surface area contributed by atoms with E-state index in [2.05, 4.69) is 26.3 Å². The van der Waals surface area contributed by atoms with Gasteiger partial charge in [-0.25, -0.2) is 4.98 Å². The van der Waals surface area contributed by atoms with E-state index in [4.69, 9.17) is 17.4 Å². The molecular weight excluding hydrogens is 328 g/mol. The van der Waals surface area contributed by atoms with Crippen molar-refractivity contribution in [3.63, 3.8) is 0 Å². The van der Waals surface area contributed by atoms with Crippen molar-refractivity contribution in [3.05, 3.63) is 51.5 Å². The number of hydrogen-bond donors (Lipinski definition) is 2. The van der Waals surface area contributed by atoms with E-state index >= 15 is 0 Å². The zero-order chi connectivity index (χ0) is 13.8. The van der Waals surface area contributed by atoms with Crippen molar-refractivity contribution in [2.75, 3.05) is 0 Å². The Morgan fingerprint density at radius 3 is 2.95 bits per heavy atom. The summed E-state index contributed by atoms with van der Waals surface area (Å²) in [6, 6.07) is 5.85. The molecule has 1 heterocycles. The SMILES string of the molecule is Cn1ccnc1CCC(NN)c1cccc(Br)c1Cl. The lowest BCUT2D eigenvalue weighted by molar-refractivity contribution is 0.506. The van der Waals surface area contributed by atoms with E-state index in [1.54, 1.807) is 6.20 Å². The maximum atomic E-state index is 6.30. The molecule has 0 radical (unpaired) electrons. The van der Waals surface area contributed by atoms with Crippen LogP contribution in [0, 0.1) is 0 Å². The van der Waals surface area contributed by atoms with Crippen molar-refractivity contribution >= 4 is 27.5 Å². The molecule has 2 aromatic rings. The standard InChI is InChI=1S/C13H16BrClN4/c1-19-8-7-17-12(19)6-5-11(18-16)9-3-2-4-10(14)13(9)15/h2-4,7-8,11,18H,5-6,16H2,1H3. The average molecular weight is 344 g/mol. The van der Waals surface area contributed by atoms with Crippen molar-refractivity contribution in [1.82, 2.24) is 15.0 Å². The fraction of sp³-hybridized carbons (Fsp3) is 0.308. The van der Waals surface area contributed by atoms with Crippen LogP contribution >= 0.6 is 27.5 Å². The number of rotatable bonds is 5. The van der Waals surface area contributed by atoms with Gasteiger partial charge in [0.1, 0.15) is 5.82 Å². The predicted octanol–water partition coefficient (Wildman–Crippen LogP) is 2.97. The van der Waals surface area contributed by atoms with E-state index in [9.17, 15) is 0 Å². The summed E-state index contributed by atoms with van der Waals surface area (Å²) >= 11 is 9.72. The third-order valence-electron chi connectivity index (χ3n) is 3.14. The second-order valence-corrected chi connectivity index (χ2v) is 5.59. The van der Waals surface area contributed by atoms with E-state index in [1.165, 1.54) is 0 Å². The third kappa shape index (κ3) is 3.36. The molecular formula is C13H16BrClN4. The molecule has 0 saturated carbocycles. The Bertz CT molecular complexity index is 555. The Kier molecular flexibility index (Phi) is 4.99. The van der Waals surface area contributed by atoms with Gasteiger partial charge in [-0.05, 0) is 34.0 Å². The number of aromatic nitrogens is 2. The van der Waals surface area contributed by atoms with E-state index in [0.29, 0.717) is 5.02 Å². The van der Waals surface area contributed by atoms with Gasteiger partial charge in [0.15, 0.2) is 0 Å². The summed E-state index contributed by atoms with van der Waals surface area (Å²) in [5.41, 5.74) is 3.82. The number of imidazole rings is 1. The predicted molar refractivity (Wildman–Crippen MR) is 80.7 cm³/mol. The maximum absolute atomic E-state index is 6.30. The van der Waals surface area contributed by atoms with Gasteiger partial charge in [-0.1, -0.05) is 23.7 Å². The van der Waals surface area contributed by atoms with Crippen LogP contribution in [0.2, 0.25) is 5.02 Å². The highest BCUT2D eigenvalue weighted by molar-refractivity contribution is 9.10. The lowest BCUT2D eigenvalue weighted by Crippen LogP contribution is -2.29. The molecule has 6 heteroatoms. The number of hydrogen-bond acceptors (Lipinski definition) is 3. The molecule has 4 nitrogen and oxygen atoms in total. The smallest absolute Gasteiger partial charge is 0.108 e. The van der Waals surface area contributed by atoms with Crippen LogP contribution in [0.1, 0.15) is 23.9 Å². The summed E-state index contributed by atoms with van der Waals surface area (Å²) < 4.78 is 2.89. The topological polar surface area (TPSA) is 55.9 Å². The molecule has 0 amide bonds. The summed E-state index contributed by atoms with van der Waals surface area (Å²) in [6.45, 7) is 0. The molecule has 1 unspecified atom stereocenters. The van der Waals surface area contributed by atoms with Crippen molar-refractivity contribution in [2.24, 2.45) is 12.9 Å². The first-order valence-electron chi connectivity index (χ1n) is 5.99. The summed E-state index contributed by atoms with van der Waals surface area (Å²) in [5.74, 6) is 6.68. The van der Waals surface area contributed by atoms with Crippen LogP contribution in [0.15, 0.2) is 35.1 Å². The van der Waals surface area contributed by atoms with Crippen molar-refractivity contribution in [2.45, 2.75) is 18.9 Å². The van der Waals surface area contributed by atoms with Gasteiger partial charge in [-0.15, -0.1) is 0 Å². The van der Waals surface area contributed by atoms with E-state index in [0.717, 1.165) is 28.7 Å². The number of nitrogens with two attached hydrogens (primary N) is 1. The van der Waals surface area contributed by atoms with Gasteiger partial charge in [0, 0.05) is 36.4 Å². The van der Waals surface area contributed by atoms with Gasteiger partial charge in [0.2, 0.25) is 0 Å². The fourth-order valence-electron chi connectivity index (χ4n) is 2.03. The van der Waals surface area contributed by atoms with Crippen molar-refractivity contribution in [3.8, 4) is 0 Å². The Morgan fingerprint density at radius 2 is 2.32 bits per heavy atom. The maximum Gasteiger partial charge on any atom is 0.108 e. The van der Waals surface area contributed by atoms with E-state index < -0.39 is 0 Å². The first kappa shape index (κ1) is 14.5. The lowest BCUT2D eigenvalue weighted by Gasteiger charge is -2.18. The summed E-state index contributed by atoms with van der Waals surface area (Å²) in [5, 5.41) is 0.699. The lowest BCUT2D eigenvalue weighted by atomic mass is 10.0. The first-order chi connectivity index (χ1) is 9.13. The number of halogens is 2. The molecule has 0 aliphatic heterocycles. The Balaban J connectivity index is 2.12. The van der Waals surface area contributed by atoms with Gasteiger partial charge in [0.25, 0.3) is 0 Å². The van der Waals surface area contributed by atoms with E-state index in [1.807, 2.05) is 36.0 Å². The Labute approximate surface area is 126 Å². The summed E-state index contributed by atoms with van der Waals surface area (Å²) in [4.78, 5) is 4.31. The van der Waals surface area contributed by atoms with E-state index in [-0.39, 0.29) is 6.04 Å². The Morgan fingerprint density at radius 1 is 1.53 bits per heavy atom. The molecule has 0 bridgehead atoms. The molecule has 3 N–H and O–H groups in total. The molecule has 102 valence electrons. The highest BCUT2D eigenvalue weighted by Crippen LogP contribution is 2.31. The minimum Gasteiger partial charge on any atom is -0.338 e. The third-order valence-corrected chi connectivity index (χ3v) is 4.45. The van der Waals surface area contributed by atoms with Gasteiger partial charge in [-0.2, -0.15) is 0 Å². The molecule has 0 aliphatic carbocycles. The molecule has 0 aliphatic rings. The highest BCUT2D eigenvalue weighted by atomic mass is 79.9. The number of nitrogens with zero attached hydrogens (tertiary/aromatic N) is 2. The number of aryl methyl sites for hydroxylation is 2. The second kappa shape index (κ2) is 6.52. The quantitative estimate of drug-likeness (QED) is 0.648. The number of hydrazine groups is 1. The van der Waals surface area contributed by atoms with Crippen LogP contribution in [-0.2, 0) is 13.5 Å². The molecule has 1 aromatic heterocycles. The average Bonchev–Trinajstić information content (AvgIpc) is 2.80. The van der Waals surface area contributed by atoms with Crippen molar-refractivity contribution < 1.29 is 0 Å². The summed E-state index contributed by atoms with van der Waals surface area (Å²) in [6.07, 6.45) is 5.40. The molecule has 1 atom stereocenters. The van der Waals surface area contributed by atoms with Gasteiger partial charge in [-0.3, -0.25) is 11.3 Å². The largest absolute Gasteiger partial charge is 0.338 e. The second-order valence-electron chi connectivity index (χ2n) is 4.36. The van der Waals surface area contributed by atoms with Gasteiger partial charge < -0.3 is 4.57 Å². The zero-order valence-corrected chi connectivity index (χ0v) is 12.9. The van der Waals surface area contributed by atoms with Crippen molar-refractivity contribution in [1.29, 1.82) is 0 Å². The molecule has 0 fully saturated rings. The van der Waals surface area contributed by atoms with Crippen LogP contribution in [0.3, 0.4) is 0 Å². The zero-order valence-electron chi connectivity index (χ0n) is 10.6. The normalized spacial score (nSPS) is 12.6. The number of benzene rings is 1. The first-order valence-corrected chi connectivity index (χ1v) is 7.16. The minimum atomic E-state index is 0.00157. The van der Waals surface area contributed by atoms with Crippen LogP contribution in [-0.4, -0.2) is 9.55 Å². The van der Waals surface area contributed by atoms with Crippen LogP contribution in [0.5, 0.6) is 0 Å². The fourth-order valence-corrected chi connectivity index (χ4v) is 2.67. The van der Waals surface area contributed by atoms with Gasteiger partial charge >= 0.3 is 0 Å². The molecule has 0 spiro atoms. The minimum absolute atomic E-state index is 0.00157. The molecule has 1 aromatic carbocycles. The molecule has 2 rings (SSSR count).